The van der Waals surface area contributed by atoms with Crippen LogP contribution in [0, 0.1) is 0 Å². The lowest BCUT2D eigenvalue weighted by atomic mass is 10.0. The second-order valence-corrected chi connectivity index (χ2v) is 14.9. The summed E-state index contributed by atoms with van der Waals surface area (Å²) in [5.41, 5.74) is 5.35. The van der Waals surface area contributed by atoms with Gasteiger partial charge < -0.3 is 21.1 Å². The predicted octanol–water partition coefficient (Wildman–Crippen LogP) is 10.6. The second kappa shape index (κ2) is 35.8. The minimum atomic E-state index is -4.33. The lowest BCUT2D eigenvalue weighted by Gasteiger charge is -2.23. The fourth-order valence-electron chi connectivity index (χ4n) is 5.74. The van der Waals surface area contributed by atoms with Crippen molar-refractivity contribution in [2.75, 3.05) is 19.8 Å². The summed E-state index contributed by atoms with van der Waals surface area (Å²) in [6, 6.07) is -0.870. The summed E-state index contributed by atoms with van der Waals surface area (Å²) < 4.78 is 22.0. The maximum atomic E-state index is 12.7. The molecule has 0 heterocycles. The molecule has 48 heavy (non-hydrogen) atoms. The lowest BCUT2D eigenvalue weighted by Crippen LogP contribution is -2.45. The largest absolute Gasteiger partial charge is 0.472 e. The summed E-state index contributed by atoms with van der Waals surface area (Å²) in [5, 5.41) is 13.5. The van der Waals surface area contributed by atoms with Gasteiger partial charge in [0.1, 0.15) is 0 Å². The van der Waals surface area contributed by atoms with Gasteiger partial charge in [0.05, 0.1) is 25.4 Å². The van der Waals surface area contributed by atoms with Gasteiger partial charge in [-0.1, -0.05) is 173 Å². The van der Waals surface area contributed by atoms with Gasteiger partial charge in [-0.25, -0.2) is 4.57 Å². The van der Waals surface area contributed by atoms with E-state index in [2.05, 4.69) is 31.3 Å². The number of hydrogen-bond donors (Lipinski definition) is 4. The third kappa shape index (κ3) is 33.5. The van der Waals surface area contributed by atoms with E-state index < -0.39 is 20.0 Å². The molecule has 0 aliphatic rings. The highest BCUT2D eigenvalue weighted by molar-refractivity contribution is 7.47. The molecule has 0 rings (SSSR count). The van der Waals surface area contributed by atoms with Crippen molar-refractivity contribution in [3.63, 3.8) is 0 Å². The van der Waals surface area contributed by atoms with Crippen LogP contribution < -0.4 is 11.1 Å². The monoisotopic (exact) mass is 701 g/mol. The number of nitrogens with one attached hydrogen (secondary N) is 1. The molecule has 3 unspecified atom stereocenters. The Morgan fingerprint density at radius 2 is 1.10 bits per heavy atom. The first-order valence-corrected chi connectivity index (χ1v) is 21.5. The Labute approximate surface area is 296 Å². The molecular weight excluding hydrogens is 623 g/mol. The number of rotatable bonds is 37. The topological polar surface area (TPSA) is 131 Å². The average Bonchev–Trinajstić information content (AvgIpc) is 3.07. The van der Waals surface area contributed by atoms with Crippen molar-refractivity contribution in [2.45, 2.75) is 199 Å². The van der Waals surface area contributed by atoms with Crippen molar-refractivity contribution in [2.24, 2.45) is 5.73 Å². The van der Waals surface area contributed by atoms with Gasteiger partial charge in [0, 0.05) is 13.0 Å². The van der Waals surface area contributed by atoms with Crippen molar-refractivity contribution in [3.05, 3.63) is 24.3 Å². The lowest BCUT2D eigenvalue weighted by molar-refractivity contribution is -0.123. The number of carbonyl (C=O) groups is 1. The summed E-state index contributed by atoms with van der Waals surface area (Å²) in [4.78, 5) is 22.6. The first-order valence-electron chi connectivity index (χ1n) is 20.0. The van der Waals surface area contributed by atoms with Crippen LogP contribution in [-0.4, -0.2) is 47.8 Å². The number of aliphatic hydroxyl groups is 1. The molecule has 3 atom stereocenters. The highest BCUT2D eigenvalue weighted by Gasteiger charge is 2.26. The van der Waals surface area contributed by atoms with Crippen molar-refractivity contribution < 1.29 is 28.4 Å². The van der Waals surface area contributed by atoms with Gasteiger partial charge in [0.15, 0.2) is 0 Å². The van der Waals surface area contributed by atoms with Gasteiger partial charge >= 0.3 is 7.82 Å². The molecule has 0 spiro atoms. The van der Waals surface area contributed by atoms with E-state index in [4.69, 9.17) is 14.8 Å². The molecule has 0 aromatic carbocycles. The molecule has 0 radical (unpaired) electrons. The first-order chi connectivity index (χ1) is 23.4. The van der Waals surface area contributed by atoms with E-state index in [1.165, 1.54) is 128 Å². The molecule has 0 aromatic rings. The summed E-state index contributed by atoms with van der Waals surface area (Å²) in [5.74, 6) is -0.205. The molecule has 0 bridgehead atoms. The molecule has 9 heteroatoms. The van der Waals surface area contributed by atoms with E-state index in [0.29, 0.717) is 6.42 Å². The van der Waals surface area contributed by atoms with E-state index in [9.17, 15) is 19.4 Å². The van der Waals surface area contributed by atoms with Crippen molar-refractivity contribution >= 4 is 13.7 Å². The van der Waals surface area contributed by atoms with Gasteiger partial charge in [-0.2, -0.15) is 0 Å². The Morgan fingerprint density at radius 3 is 1.60 bits per heavy atom. The third-order valence-corrected chi connectivity index (χ3v) is 9.76. The Kier molecular flexibility index (Phi) is 35.0. The zero-order valence-electron chi connectivity index (χ0n) is 31.2. The summed E-state index contributed by atoms with van der Waals surface area (Å²) in [6.45, 7) is 4.06. The number of phosphoric acid groups is 1. The van der Waals surface area contributed by atoms with Gasteiger partial charge in [0.2, 0.25) is 5.91 Å². The number of allylic oxidation sites excluding steroid dienone is 3. The summed E-state index contributed by atoms with van der Waals surface area (Å²) >= 11 is 0. The number of unbranched alkanes of at least 4 members (excludes halogenated alkanes) is 23. The summed E-state index contributed by atoms with van der Waals surface area (Å²) in [6.07, 6.45) is 39.6. The van der Waals surface area contributed by atoms with Crippen LogP contribution in [0.25, 0.3) is 0 Å². The Morgan fingerprint density at radius 1 is 0.667 bits per heavy atom. The predicted molar refractivity (Wildman–Crippen MR) is 203 cm³/mol. The normalized spacial score (nSPS) is 14.5. The molecule has 284 valence electrons. The van der Waals surface area contributed by atoms with E-state index in [1.54, 1.807) is 6.08 Å². The third-order valence-electron chi connectivity index (χ3n) is 8.78. The highest BCUT2D eigenvalue weighted by Crippen LogP contribution is 2.43. The molecule has 1 amide bonds. The quantitative estimate of drug-likeness (QED) is 0.0288. The molecule has 0 aliphatic heterocycles. The van der Waals surface area contributed by atoms with E-state index in [-0.39, 0.29) is 25.7 Å². The SMILES string of the molecule is CCCCC/C=C/CC/C=C/C(O)C(COP(=O)(O)OCCN)NC(=O)CCCCCCCCCCCCCCCCCCCCCC. The maximum Gasteiger partial charge on any atom is 0.472 e. The Bertz CT molecular complexity index is 809. The van der Waals surface area contributed by atoms with Crippen molar-refractivity contribution in [1.82, 2.24) is 5.32 Å². The zero-order valence-corrected chi connectivity index (χ0v) is 32.1. The first kappa shape index (κ1) is 47.0. The maximum absolute atomic E-state index is 12.7. The molecule has 0 fully saturated rings. The van der Waals surface area contributed by atoms with Crippen LogP contribution in [0.3, 0.4) is 0 Å². The minimum absolute atomic E-state index is 0.0754. The molecule has 0 aliphatic carbocycles. The van der Waals surface area contributed by atoms with Gasteiger partial charge in [0.25, 0.3) is 0 Å². The fourth-order valence-corrected chi connectivity index (χ4v) is 6.49. The van der Waals surface area contributed by atoms with E-state index >= 15 is 0 Å². The summed E-state index contributed by atoms with van der Waals surface area (Å²) in [7, 11) is -4.33. The number of carbonyl (C=O) groups excluding carboxylic acids is 1. The van der Waals surface area contributed by atoms with Gasteiger partial charge in [-0.05, 0) is 32.1 Å². The van der Waals surface area contributed by atoms with E-state index in [0.717, 1.165) is 38.5 Å². The number of hydrogen-bond acceptors (Lipinski definition) is 6. The Balaban J connectivity index is 4.11. The molecular formula is C39H77N2O6P. The number of nitrogens with two attached hydrogens (primary N) is 1. The Hall–Kier alpha value is -1.02. The number of aliphatic hydroxyl groups excluding tert-OH is 1. The molecule has 0 aromatic heterocycles. The standard InChI is InChI=1S/C39H77N2O6P/c1-3-5-7-9-11-13-14-15-16-17-18-19-20-21-22-23-25-27-29-31-33-39(43)41-37(36-47-48(44,45)46-35-34-40)38(42)32-30-28-26-24-12-10-8-6-4-2/h12,24,30,32,37-38,42H,3-11,13-23,25-29,31,33-36,40H2,1-2H3,(H,41,43)(H,44,45)/b24-12+,32-30+. The number of amides is 1. The van der Waals surface area contributed by atoms with Crippen LogP contribution in [-0.2, 0) is 18.4 Å². The van der Waals surface area contributed by atoms with Gasteiger partial charge in [-0.15, -0.1) is 0 Å². The van der Waals surface area contributed by atoms with Crippen molar-refractivity contribution in [3.8, 4) is 0 Å². The van der Waals surface area contributed by atoms with Gasteiger partial charge in [-0.3, -0.25) is 13.8 Å². The van der Waals surface area contributed by atoms with Crippen LogP contribution in [0.4, 0.5) is 0 Å². The smallest absolute Gasteiger partial charge is 0.387 e. The van der Waals surface area contributed by atoms with Crippen LogP contribution in [0.2, 0.25) is 0 Å². The van der Waals surface area contributed by atoms with Crippen LogP contribution in [0.1, 0.15) is 187 Å². The van der Waals surface area contributed by atoms with Crippen LogP contribution >= 0.6 is 7.82 Å². The minimum Gasteiger partial charge on any atom is -0.387 e. The molecule has 0 saturated heterocycles. The number of phosphoric ester groups is 1. The molecule has 0 saturated carbocycles. The fraction of sp³-hybridized carbons (Fsp3) is 0.872. The molecule has 5 N–H and O–H groups in total. The van der Waals surface area contributed by atoms with Crippen LogP contribution in [0.5, 0.6) is 0 Å². The highest BCUT2D eigenvalue weighted by atomic mass is 31.2. The zero-order chi connectivity index (χ0) is 35.4. The molecule has 8 nitrogen and oxygen atoms in total. The van der Waals surface area contributed by atoms with Crippen LogP contribution in [0.15, 0.2) is 24.3 Å². The average molecular weight is 701 g/mol. The van der Waals surface area contributed by atoms with Crippen molar-refractivity contribution in [1.29, 1.82) is 0 Å². The second-order valence-electron chi connectivity index (χ2n) is 13.5. The van der Waals surface area contributed by atoms with E-state index in [1.807, 2.05) is 6.08 Å².